The number of rotatable bonds is 9. The number of carbonyl (C=O) groups is 4. The molecular weight excluding hydrogens is 488 g/mol. The lowest BCUT2D eigenvalue weighted by Crippen LogP contribution is -2.64. The van der Waals surface area contributed by atoms with Crippen molar-refractivity contribution in [1.29, 1.82) is 0 Å². The van der Waals surface area contributed by atoms with Crippen LogP contribution in [0.5, 0.6) is 0 Å². The standard InChI is InChI=1S/C28H42N4O6/c1-18(33)23(34)15-9-5-8-13-20-24(35)31-28(2,3)27(38)30-21(17-19-11-6-4-7-12-19)26(37)32-16-10-14-22(32)25(36)29-20/h4,6-7,11-12,18,20-23,33-34H,5,8-10,13-17H2,1-3H3,(H,29,36)(H,30,38)(H,31,35)/t18?,20?,21-,22-,23?/m0/s1. The minimum Gasteiger partial charge on any atom is -0.391 e. The van der Waals surface area contributed by atoms with Crippen LogP contribution in [0.2, 0.25) is 0 Å². The summed E-state index contributed by atoms with van der Waals surface area (Å²) in [5, 5.41) is 27.7. The minimum atomic E-state index is -1.32. The van der Waals surface area contributed by atoms with Gasteiger partial charge in [0.25, 0.3) is 0 Å². The maximum absolute atomic E-state index is 13.6. The molecule has 0 aliphatic carbocycles. The van der Waals surface area contributed by atoms with Crippen molar-refractivity contribution in [2.75, 3.05) is 6.54 Å². The summed E-state index contributed by atoms with van der Waals surface area (Å²) >= 11 is 0. The minimum absolute atomic E-state index is 0.270. The summed E-state index contributed by atoms with van der Waals surface area (Å²) in [6, 6.07) is 6.92. The van der Waals surface area contributed by atoms with E-state index in [0.717, 1.165) is 5.56 Å². The van der Waals surface area contributed by atoms with Gasteiger partial charge in [-0.3, -0.25) is 19.2 Å². The summed E-state index contributed by atoms with van der Waals surface area (Å²) in [5.74, 6) is -1.62. The van der Waals surface area contributed by atoms with Crippen molar-refractivity contribution >= 4 is 23.6 Å². The molecule has 38 heavy (non-hydrogen) atoms. The highest BCUT2D eigenvalue weighted by molar-refractivity contribution is 5.99. The molecular formula is C28H42N4O6. The molecule has 4 amide bonds. The van der Waals surface area contributed by atoms with E-state index in [2.05, 4.69) is 16.0 Å². The Bertz CT molecular complexity index is 983. The SMILES string of the molecule is CC(O)C(O)CCCCCC1NC(=O)[C@@H]2CCCN2C(=O)[C@H](Cc2ccccc2)NC(=O)C(C)(C)NC1=O. The molecule has 2 fully saturated rings. The Kier molecular flexibility index (Phi) is 10.3. The molecule has 10 heteroatoms. The van der Waals surface area contributed by atoms with Crippen LogP contribution in [0.3, 0.4) is 0 Å². The molecule has 0 bridgehead atoms. The zero-order valence-corrected chi connectivity index (χ0v) is 22.6. The van der Waals surface area contributed by atoms with Gasteiger partial charge in [0.1, 0.15) is 23.7 Å². The number of aliphatic hydroxyl groups excluding tert-OH is 2. The van der Waals surface area contributed by atoms with Gasteiger partial charge in [-0.1, -0.05) is 49.6 Å². The highest BCUT2D eigenvalue weighted by atomic mass is 16.3. The molecule has 3 unspecified atom stereocenters. The monoisotopic (exact) mass is 530 g/mol. The Morgan fingerprint density at radius 2 is 1.68 bits per heavy atom. The summed E-state index contributed by atoms with van der Waals surface area (Å²) in [5.41, 5.74) is -0.443. The Balaban J connectivity index is 1.77. The lowest BCUT2D eigenvalue weighted by Gasteiger charge is -2.34. The number of amides is 4. The topological polar surface area (TPSA) is 148 Å². The molecule has 10 nitrogen and oxygen atoms in total. The molecule has 0 spiro atoms. The molecule has 5 atom stereocenters. The molecule has 3 rings (SSSR count). The van der Waals surface area contributed by atoms with Crippen molar-refractivity contribution in [2.24, 2.45) is 0 Å². The first-order chi connectivity index (χ1) is 18.0. The largest absolute Gasteiger partial charge is 0.391 e. The van der Waals surface area contributed by atoms with E-state index in [9.17, 15) is 29.4 Å². The van der Waals surface area contributed by atoms with Gasteiger partial charge in [0.2, 0.25) is 23.6 Å². The maximum Gasteiger partial charge on any atom is 0.246 e. The number of nitrogens with one attached hydrogen (secondary N) is 3. The van der Waals surface area contributed by atoms with Crippen LogP contribution >= 0.6 is 0 Å². The lowest BCUT2D eigenvalue weighted by molar-refractivity contribution is -0.144. The predicted molar refractivity (Wildman–Crippen MR) is 142 cm³/mol. The van der Waals surface area contributed by atoms with Gasteiger partial charge in [-0.25, -0.2) is 0 Å². The predicted octanol–water partition coefficient (Wildman–Crippen LogP) is 0.790. The Morgan fingerprint density at radius 1 is 0.974 bits per heavy atom. The number of hydrogen-bond donors (Lipinski definition) is 5. The summed E-state index contributed by atoms with van der Waals surface area (Å²) in [6.07, 6.45) is 2.56. The van der Waals surface area contributed by atoms with Crippen molar-refractivity contribution in [3.8, 4) is 0 Å². The molecule has 0 saturated carbocycles. The first kappa shape index (κ1) is 29.6. The Morgan fingerprint density at radius 3 is 2.37 bits per heavy atom. The quantitative estimate of drug-likeness (QED) is 0.298. The molecule has 1 aromatic rings. The molecule has 2 heterocycles. The van der Waals surface area contributed by atoms with E-state index in [0.29, 0.717) is 51.5 Å². The number of carbonyl (C=O) groups excluding carboxylic acids is 4. The molecule has 210 valence electrons. The number of aliphatic hydroxyl groups is 2. The van der Waals surface area contributed by atoms with Gasteiger partial charge in [-0.05, 0) is 52.0 Å². The molecule has 2 aliphatic heterocycles. The third kappa shape index (κ3) is 7.77. The molecule has 0 radical (unpaired) electrons. The number of nitrogens with zero attached hydrogens (tertiary/aromatic N) is 1. The van der Waals surface area contributed by atoms with Gasteiger partial charge in [0.05, 0.1) is 12.2 Å². The van der Waals surface area contributed by atoms with Crippen LogP contribution in [0.1, 0.15) is 71.3 Å². The number of unbranched alkanes of at least 4 members (excludes halogenated alkanes) is 2. The second kappa shape index (κ2) is 13.2. The van der Waals surface area contributed by atoms with Gasteiger partial charge in [-0.2, -0.15) is 0 Å². The van der Waals surface area contributed by atoms with Crippen LogP contribution in [-0.2, 0) is 25.6 Å². The second-order valence-corrected chi connectivity index (χ2v) is 11.0. The summed E-state index contributed by atoms with van der Waals surface area (Å²) < 4.78 is 0. The fraction of sp³-hybridized carbons (Fsp3) is 0.643. The van der Waals surface area contributed by atoms with Gasteiger partial charge < -0.3 is 31.1 Å². The first-order valence-electron chi connectivity index (χ1n) is 13.6. The molecule has 2 aliphatic rings. The van der Waals surface area contributed by atoms with Crippen LogP contribution in [0.15, 0.2) is 30.3 Å². The average molecular weight is 531 g/mol. The highest BCUT2D eigenvalue weighted by Gasteiger charge is 2.42. The summed E-state index contributed by atoms with van der Waals surface area (Å²) in [6.45, 7) is 5.09. The Hall–Kier alpha value is -2.98. The van der Waals surface area contributed by atoms with E-state index in [4.69, 9.17) is 0 Å². The maximum atomic E-state index is 13.6. The van der Waals surface area contributed by atoms with Crippen molar-refractivity contribution < 1.29 is 29.4 Å². The number of fused-ring (bicyclic) bond motifs is 1. The molecule has 0 aromatic heterocycles. The normalized spacial score (nSPS) is 25.8. The van der Waals surface area contributed by atoms with Crippen LogP contribution < -0.4 is 16.0 Å². The molecule has 2 saturated heterocycles. The van der Waals surface area contributed by atoms with Gasteiger partial charge in [0.15, 0.2) is 0 Å². The van der Waals surface area contributed by atoms with Gasteiger partial charge in [0, 0.05) is 13.0 Å². The molecule has 5 N–H and O–H groups in total. The van der Waals surface area contributed by atoms with Gasteiger partial charge >= 0.3 is 0 Å². The fourth-order valence-electron chi connectivity index (χ4n) is 5.00. The van der Waals surface area contributed by atoms with Crippen LogP contribution in [0.4, 0.5) is 0 Å². The highest BCUT2D eigenvalue weighted by Crippen LogP contribution is 2.21. The third-order valence-corrected chi connectivity index (χ3v) is 7.41. The zero-order chi connectivity index (χ0) is 27.9. The average Bonchev–Trinajstić information content (AvgIpc) is 3.36. The van der Waals surface area contributed by atoms with Crippen molar-refractivity contribution in [3.63, 3.8) is 0 Å². The van der Waals surface area contributed by atoms with Crippen molar-refractivity contribution in [3.05, 3.63) is 35.9 Å². The van der Waals surface area contributed by atoms with E-state index in [1.54, 1.807) is 13.8 Å². The lowest BCUT2D eigenvalue weighted by atomic mass is 9.98. The smallest absolute Gasteiger partial charge is 0.246 e. The van der Waals surface area contributed by atoms with Crippen LogP contribution in [0.25, 0.3) is 0 Å². The van der Waals surface area contributed by atoms with Crippen molar-refractivity contribution in [1.82, 2.24) is 20.9 Å². The number of benzene rings is 1. The van der Waals surface area contributed by atoms with Crippen LogP contribution in [-0.4, -0.2) is 81.2 Å². The Labute approximate surface area is 224 Å². The van der Waals surface area contributed by atoms with Gasteiger partial charge in [-0.15, -0.1) is 0 Å². The van der Waals surface area contributed by atoms with E-state index in [-0.39, 0.29) is 18.2 Å². The van der Waals surface area contributed by atoms with E-state index >= 15 is 0 Å². The van der Waals surface area contributed by atoms with E-state index in [1.807, 2.05) is 30.3 Å². The summed E-state index contributed by atoms with van der Waals surface area (Å²) in [4.78, 5) is 55.1. The van der Waals surface area contributed by atoms with Crippen molar-refractivity contribution in [2.45, 2.75) is 108 Å². The first-order valence-corrected chi connectivity index (χ1v) is 13.6. The van der Waals surface area contributed by atoms with E-state index in [1.165, 1.54) is 11.8 Å². The number of hydrogen-bond acceptors (Lipinski definition) is 6. The van der Waals surface area contributed by atoms with E-state index < -0.39 is 47.7 Å². The molecule has 1 aromatic carbocycles. The fourth-order valence-corrected chi connectivity index (χ4v) is 5.00. The van der Waals surface area contributed by atoms with Crippen LogP contribution in [0, 0.1) is 0 Å². The zero-order valence-electron chi connectivity index (χ0n) is 22.6. The third-order valence-electron chi connectivity index (χ3n) is 7.41. The summed E-state index contributed by atoms with van der Waals surface area (Å²) in [7, 11) is 0. The second-order valence-electron chi connectivity index (χ2n) is 11.0.